The van der Waals surface area contributed by atoms with Gasteiger partial charge < -0.3 is 10.8 Å². The fourth-order valence-corrected chi connectivity index (χ4v) is 2.56. The molecule has 0 atom stereocenters. The third-order valence-electron chi connectivity index (χ3n) is 3.61. The van der Waals surface area contributed by atoms with E-state index in [1.54, 1.807) is 0 Å². The molecular weight excluding hydrogens is 162 g/mol. The van der Waals surface area contributed by atoms with Crippen LogP contribution in [0.5, 0.6) is 0 Å². The third-order valence-corrected chi connectivity index (χ3v) is 3.61. The van der Waals surface area contributed by atoms with Crippen molar-refractivity contribution in [2.75, 3.05) is 0 Å². The van der Waals surface area contributed by atoms with Crippen LogP contribution in [-0.4, -0.2) is 16.2 Å². The van der Waals surface area contributed by atoms with Crippen molar-refractivity contribution in [2.24, 2.45) is 5.73 Å². The maximum atomic E-state index is 10.3. The molecule has 2 fully saturated rings. The van der Waals surface area contributed by atoms with Crippen LogP contribution in [0.25, 0.3) is 0 Å². The molecule has 2 saturated carbocycles. The minimum atomic E-state index is -0.415. The van der Waals surface area contributed by atoms with E-state index in [9.17, 15) is 5.11 Å². The van der Waals surface area contributed by atoms with Gasteiger partial charge in [-0.05, 0) is 32.1 Å². The Kier molecular flexibility index (Phi) is 2.37. The van der Waals surface area contributed by atoms with Crippen molar-refractivity contribution in [2.45, 2.75) is 68.9 Å². The first-order valence-electron chi connectivity index (χ1n) is 5.63. The largest absolute Gasteiger partial charge is 0.390 e. The average molecular weight is 183 g/mol. The average Bonchev–Trinajstić information content (AvgIpc) is 2.78. The maximum Gasteiger partial charge on any atom is 0.0665 e. The first-order valence-corrected chi connectivity index (χ1v) is 5.63. The quantitative estimate of drug-likeness (QED) is 0.643. The first kappa shape index (κ1) is 9.47. The van der Waals surface area contributed by atoms with Crippen LogP contribution < -0.4 is 5.73 Å². The van der Waals surface area contributed by atoms with E-state index in [0.29, 0.717) is 0 Å². The second-order valence-electron chi connectivity index (χ2n) is 5.18. The van der Waals surface area contributed by atoms with Gasteiger partial charge in [0.1, 0.15) is 0 Å². The molecule has 2 rings (SSSR count). The van der Waals surface area contributed by atoms with Crippen LogP contribution in [0.1, 0.15) is 57.8 Å². The fraction of sp³-hybridized carbons (Fsp3) is 1.00. The fourth-order valence-electron chi connectivity index (χ4n) is 2.56. The van der Waals surface area contributed by atoms with Crippen molar-refractivity contribution in [1.29, 1.82) is 0 Å². The van der Waals surface area contributed by atoms with Gasteiger partial charge >= 0.3 is 0 Å². The SMILES string of the molecule is NC1(CC2(O)CCCCCC2)CC1. The Morgan fingerprint density at radius 2 is 1.46 bits per heavy atom. The molecule has 0 saturated heterocycles. The zero-order chi connectivity index (χ0) is 9.36. The first-order chi connectivity index (χ1) is 6.12. The molecule has 0 amide bonds. The lowest BCUT2D eigenvalue weighted by Crippen LogP contribution is -2.38. The molecule has 0 unspecified atom stereocenters. The Morgan fingerprint density at radius 3 is 1.92 bits per heavy atom. The lowest BCUT2D eigenvalue weighted by Gasteiger charge is -2.29. The van der Waals surface area contributed by atoms with E-state index < -0.39 is 5.60 Å². The van der Waals surface area contributed by atoms with Crippen molar-refractivity contribution >= 4 is 0 Å². The van der Waals surface area contributed by atoms with Crippen molar-refractivity contribution < 1.29 is 5.11 Å². The molecule has 0 radical (unpaired) electrons. The molecule has 0 aromatic rings. The molecule has 2 aliphatic carbocycles. The van der Waals surface area contributed by atoms with Gasteiger partial charge in [-0.3, -0.25) is 0 Å². The van der Waals surface area contributed by atoms with E-state index in [1.165, 1.54) is 25.7 Å². The molecule has 76 valence electrons. The topological polar surface area (TPSA) is 46.2 Å². The Bertz CT molecular complexity index is 179. The van der Waals surface area contributed by atoms with Crippen LogP contribution >= 0.6 is 0 Å². The van der Waals surface area contributed by atoms with Crippen LogP contribution in [0, 0.1) is 0 Å². The van der Waals surface area contributed by atoms with Crippen molar-refractivity contribution in [3.63, 3.8) is 0 Å². The summed E-state index contributed by atoms with van der Waals surface area (Å²) in [7, 11) is 0. The van der Waals surface area contributed by atoms with E-state index >= 15 is 0 Å². The van der Waals surface area contributed by atoms with E-state index in [4.69, 9.17) is 5.73 Å². The molecule has 0 heterocycles. The Hall–Kier alpha value is -0.0800. The van der Waals surface area contributed by atoms with Gasteiger partial charge in [-0.15, -0.1) is 0 Å². The monoisotopic (exact) mass is 183 g/mol. The lowest BCUT2D eigenvalue weighted by molar-refractivity contribution is 0.00774. The number of hydrogen-bond acceptors (Lipinski definition) is 2. The highest BCUT2D eigenvalue weighted by molar-refractivity contribution is 5.04. The van der Waals surface area contributed by atoms with Crippen LogP contribution in [0.2, 0.25) is 0 Å². The molecular formula is C11H21NO. The summed E-state index contributed by atoms with van der Waals surface area (Å²) in [6, 6.07) is 0. The maximum absolute atomic E-state index is 10.3. The highest BCUT2D eigenvalue weighted by Crippen LogP contribution is 2.43. The zero-order valence-corrected chi connectivity index (χ0v) is 8.39. The standard InChI is InChI=1S/C11H21NO/c12-10(7-8-10)9-11(13)5-3-1-2-4-6-11/h13H,1-9,12H2. The molecule has 0 bridgehead atoms. The summed E-state index contributed by atoms with van der Waals surface area (Å²) in [6.07, 6.45) is 10.0. The Labute approximate surface area is 80.5 Å². The van der Waals surface area contributed by atoms with E-state index in [0.717, 1.165) is 32.1 Å². The Balaban J connectivity index is 1.92. The second kappa shape index (κ2) is 3.25. The predicted molar refractivity (Wildman–Crippen MR) is 53.4 cm³/mol. The summed E-state index contributed by atoms with van der Waals surface area (Å²) in [5.74, 6) is 0. The summed E-state index contributed by atoms with van der Waals surface area (Å²) in [5, 5.41) is 10.3. The summed E-state index contributed by atoms with van der Waals surface area (Å²) in [5.41, 5.74) is 5.65. The molecule has 2 nitrogen and oxygen atoms in total. The summed E-state index contributed by atoms with van der Waals surface area (Å²) >= 11 is 0. The van der Waals surface area contributed by atoms with Crippen LogP contribution in [0.15, 0.2) is 0 Å². The molecule has 2 aliphatic rings. The summed E-state index contributed by atoms with van der Waals surface area (Å²) in [4.78, 5) is 0. The van der Waals surface area contributed by atoms with Crippen molar-refractivity contribution in [1.82, 2.24) is 0 Å². The van der Waals surface area contributed by atoms with Crippen LogP contribution in [0.4, 0.5) is 0 Å². The van der Waals surface area contributed by atoms with Gasteiger partial charge in [0.2, 0.25) is 0 Å². The number of rotatable bonds is 2. The molecule has 0 spiro atoms. The molecule has 3 N–H and O–H groups in total. The molecule has 2 heteroatoms. The second-order valence-corrected chi connectivity index (χ2v) is 5.18. The molecule has 0 aromatic heterocycles. The van der Waals surface area contributed by atoms with Gasteiger partial charge in [-0.2, -0.15) is 0 Å². The third kappa shape index (κ3) is 2.44. The number of aliphatic hydroxyl groups is 1. The van der Waals surface area contributed by atoms with E-state index in [2.05, 4.69) is 0 Å². The van der Waals surface area contributed by atoms with Crippen molar-refractivity contribution in [3.05, 3.63) is 0 Å². The van der Waals surface area contributed by atoms with Crippen molar-refractivity contribution in [3.8, 4) is 0 Å². The summed E-state index contributed by atoms with van der Waals surface area (Å²) in [6.45, 7) is 0. The van der Waals surface area contributed by atoms with E-state index in [1.807, 2.05) is 0 Å². The number of nitrogens with two attached hydrogens (primary N) is 1. The van der Waals surface area contributed by atoms with Gasteiger partial charge in [-0.25, -0.2) is 0 Å². The van der Waals surface area contributed by atoms with Gasteiger partial charge in [-0.1, -0.05) is 25.7 Å². The van der Waals surface area contributed by atoms with Gasteiger partial charge in [0.15, 0.2) is 0 Å². The zero-order valence-electron chi connectivity index (χ0n) is 8.39. The molecule has 13 heavy (non-hydrogen) atoms. The summed E-state index contributed by atoms with van der Waals surface area (Å²) < 4.78 is 0. The highest BCUT2D eigenvalue weighted by Gasteiger charge is 2.45. The highest BCUT2D eigenvalue weighted by atomic mass is 16.3. The normalized spacial score (nSPS) is 30.9. The van der Waals surface area contributed by atoms with E-state index in [-0.39, 0.29) is 5.54 Å². The molecule has 0 aromatic carbocycles. The van der Waals surface area contributed by atoms with Gasteiger partial charge in [0.25, 0.3) is 0 Å². The minimum Gasteiger partial charge on any atom is -0.390 e. The molecule has 0 aliphatic heterocycles. The van der Waals surface area contributed by atoms with Gasteiger partial charge in [0.05, 0.1) is 5.60 Å². The minimum absolute atomic E-state index is 0.0130. The lowest BCUT2D eigenvalue weighted by atomic mass is 9.86. The van der Waals surface area contributed by atoms with Crippen LogP contribution in [-0.2, 0) is 0 Å². The Morgan fingerprint density at radius 1 is 0.923 bits per heavy atom. The smallest absolute Gasteiger partial charge is 0.0665 e. The van der Waals surface area contributed by atoms with Gasteiger partial charge in [0, 0.05) is 5.54 Å². The predicted octanol–water partition coefficient (Wildman–Crippen LogP) is 1.95. The number of hydrogen-bond donors (Lipinski definition) is 2. The van der Waals surface area contributed by atoms with Crippen LogP contribution in [0.3, 0.4) is 0 Å².